The maximum absolute atomic E-state index is 12.3. The van der Waals surface area contributed by atoms with E-state index < -0.39 is 6.10 Å². The third-order valence-electron chi connectivity index (χ3n) is 3.93. The Morgan fingerprint density at radius 1 is 1.23 bits per heavy atom. The molecule has 1 N–H and O–H groups in total. The van der Waals surface area contributed by atoms with Crippen LogP contribution in [0.1, 0.15) is 11.3 Å². The second-order valence-electron chi connectivity index (χ2n) is 5.57. The summed E-state index contributed by atoms with van der Waals surface area (Å²) in [7, 11) is 0. The first kappa shape index (κ1) is 14.6. The molecule has 1 fully saturated rings. The van der Waals surface area contributed by atoms with Crippen molar-refractivity contribution in [2.75, 3.05) is 13.1 Å². The predicted octanol–water partition coefficient (Wildman–Crippen LogP) is 0.476. The maximum atomic E-state index is 12.3. The van der Waals surface area contributed by atoms with Gasteiger partial charge in [-0.15, -0.1) is 0 Å². The topological polar surface area (TPSA) is 79.2 Å². The van der Waals surface area contributed by atoms with Crippen molar-refractivity contribution in [2.24, 2.45) is 5.92 Å². The zero-order valence-corrected chi connectivity index (χ0v) is 12.2. The number of likely N-dealkylation sites (tertiary alicyclic amines) is 1. The van der Waals surface area contributed by atoms with Crippen LogP contribution in [0.3, 0.4) is 0 Å². The van der Waals surface area contributed by atoms with E-state index in [0.717, 1.165) is 11.3 Å². The van der Waals surface area contributed by atoms with Crippen LogP contribution in [0.5, 0.6) is 0 Å². The third kappa shape index (κ3) is 3.46. The molecule has 22 heavy (non-hydrogen) atoms. The lowest BCUT2D eigenvalue weighted by atomic mass is 10.0. The van der Waals surface area contributed by atoms with Crippen LogP contribution in [0.2, 0.25) is 0 Å². The number of aliphatic hydroxyl groups excluding tert-OH is 1. The number of rotatable bonds is 4. The molecule has 0 aliphatic carbocycles. The smallest absolute Gasteiger partial charge is 0.227 e. The van der Waals surface area contributed by atoms with Crippen molar-refractivity contribution < 1.29 is 9.90 Å². The molecule has 0 saturated carbocycles. The Bertz CT molecular complexity index is 621. The Kier molecular flexibility index (Phi) is 4.39. The molecular weight excluding hydrogens is 280 g/mol. The van der Waals surface area contributed by atoms with Crippen LogP contribution >= 0.6 is 0 Å². The summed E-state index contributed by atoms with van der Waals surface area (Å²) in [5.74, 6) is 0.0308. The molecule has 6 heteroatoms. The summed E-state index contributed by atoms with van der Waals surface area (Å²) in [5, 5.41) is 10.2. The molecule has 0 unspecified atom stereocenters. The fraction of sp³-hybridized carbons (Fsp3) is 0.375. The van der Waals surface area contributed by atoms with Crippen LogP contribution in [0.15, 0.2) is 43.1 Å². The minimum atomic E-state index is -0.514. The largest absolute Gasteiger partial charge is 0.391 e. The van der Waals surface area contributed by atoms with Crippen molar-refractivity contribution >= 4 is 5.91 Å². The standard InChI is InChI=1S/C16H18N4O2/c21-15-11-20(16(22)6-12-2-1-3-17-8-12)10-13(15)7-14-9-18-4-5-19-14/h1-5,8-9,13,15,21H,6-7,10-11H2/t13-,15-/m1/s1. The van der Waals surface area contributed by atoms with Gasteiger partial charge < -0.3 is 10.0 Å². The molecule has 1 saturated heterocycles. The molecule has 0 bridgehead atoms. The van der Waals surface area contributed by atoms with Crippen LogP contribution < -0.4 is 0 Å². The highest BCUT2D eigenvalue weighted by Gasteiger charge is 2.34. The van der Waals surface area contributed by atoms with Gasteiger partial charge in [0.15, 0.2) is 0 Å². The van der Waals surface area contributed by atoms with Crippen molar-refractivity contribution in [3.63, 3.8) is 0 Å². The van der Waals surface area contributed by atoms with E-state index in [9.17, 15) is 9.90 Å². The second-order valence-corrected chi connectivity index (χ2v) is 5.57. The molecular formula is C16H18N4O2. The first-order chi connectivity index (χ1) is 10.7. The van der Waals surface area contributed by atoms with Crippen LogP contribution in [0, 0.1) is 5.92 Å². The third-order valence-corrected chi connectivity index (χ3v) is 3.93. The first-order valence-corrected chi connectivity index (χ1v) is 7.32. The lowest BCUT2D eigenvalue weighted by Gasteiger charge is -2.16. The van der Waals surface area contributed by atoms with Crippen LogP contribution in [0.25, 0.3) is 0 Å². The molecule has 1 amide bonds. The fourth-order valence-electron chi connectivity index (χ4n) is 2.75. The van der Waals surface area contributed by atoms with E-state index in [4.69, 9.17) is 0 Å². The molecule has 3 heterocycles. The SMILES string of the molecule is O=C(Cc1cccnc1)N1C[C@@H](Cc2cnccn2)[C@H](O)C1. The zero-order valence-electron chi connectivity index (χ0n) is 12.2. The number of carbonyl (C=O) groups excluding carboxylic acids is 1. The Labute approximate surface area is 128 Å². The van der Waals surface area contributed by atoms with Gasteiger partial charge in [-0.2, -0.15) is 0 Å². The lowest BCUT2D eigenvalue weighted by molar-refractivity contribution is -0.129. The van der Waals surface area contributed by atoms with Gasteiger partial charge in [-0.3, -0.25) is 19.7 Å². The summed E-state index contributed by atoms with van der Waals surface area (Å²) in [6.07, 6.45) is 8.78. The number of amides is 1. The normalized spacial score (nSPS) is 21.0. The van der Waals surface area contributed by atoms with E-state index >= 15 is 0 Å². The number of β-amino-alcohol motifs (C(OH)–C–C–N with tert-alkyl or cyclic N) is 1. The van der Waals surface area contributed by atoms with Crippen LogP contribution in [0.4, 0.5) is 0 Å². The van der Waals surface area contributed by atoms with E-state index in [-0.39, 0.29) is 11.8 Å². The minimum absolute atomic E-state index is 0.00884. The second kappa shape index (κ2) is 6.62. The predicted molar refractivity (Wildman–Crippen MR) is 79.8 cm³/mol. The van der Waals surface area contributed by atoms with Gasteiger partial charge in [0.1, 0.15) is 0 Å². The highest BCUT2D eigenvalue weighted by molar-refractivity contribution is 5.79. The molecule has 1 aliphatic heterocycles. The Morgan fingerprint density at radius 2 is 2.09 bits per heavy atom. The van der Waals surface area contributed by atoms with Gasteiger partial charge in [-0.1, -0.05) is 6.07 Å². The average Bonchev–Trinajstić information content (AvgIpc) is 2.90. The zero-order chi connectivity index (χ0) is 15.4. The number of hydrogen-bond acceptors (Lipinski definition) is 5. The highest BCUT2D eigenvalue weighted by Crippen LogP contribution is 2.21. The summed E-state index contributed by atoms with van der Waals surface area (Å²) in [5.41, 5.74) is 1.73. The number of pyridine rings is 1. The lowest BCUT2D eigenvalue weighted by Crippen LogP contribution is -2.31. The van der Waals surface area contributed by atoms with Gasteiger partial charge in [-0.25, -0.2) is 0 Å². The summed E-state index contributed by atoms with van der Waals surface area (Å²) >= 11 is 0. The Hall–Kier alpha value is -2.34. The molecule has 114 valence electrons. The first-order valence-electron chi connectivity index (χ1n) is 7.32. The van der Waals surface area contributed by atoms with Crippen LogP contribution in [-0.4, -0.2) is 50.1 Å². The molecule has 0 aromatic carbocycles. The van der Waals surface area contributed by atoms with Gasteiger partial charge in [0.25, 0.3) is 0 Å². The van der Waals surface area contributed by atoms with Gasteiger partial charge >= 0.3 is 0 Å². The van der Waals surface area contributed by atoms with E-state index in [1.54, 1.807) is 35.9 Å². The number of aromatic nitrogens is 3. The number of hydrogen-bond donors (Lipinski definition) is 1. The summed E-state index contributed by atoms with van der Waals surface area (Å²) in [4.78, 5) is 26.3. The van der Waals surface area contributed by atoms with Gasteiger partial charge in [0.2, 0.25) is 5.91 Å². The number of aliphatic hydroxyl groups is 1. The summed E-state index contributed by atoms with van der Waals surface area (Å²) in [6, 6.07) is 3.70. The van der Waals surface area contributed by atoms with Crippen molar-refractivity contribution in [3.8, 4) is 0 Å². The number of nitrogens with zero attached hydrogens (tertiary/aromatic N) is 4. The Balaban J connectivity index is 1.59. The average molecular weight is 298 g/mol. The van der Waals surface area contributed by atoms with Gasteiger partial charge in [0, 0.05) is 50.0 Å². The Morgan fingerprint density at radius 3 is 2.82 bits per heavy atom. The van der Waals surface area contributed by atoms with E-state index in [2.05, 4.69) is 15.0 Å². The molecule has 2 aromatic rings. The molecule has 2 aromatic heterocycles. The minimum Gasteiger partial charge on any atom is -0.391 e. The highest BCUT2D eigenvalue weighted by atomic mass is 16.3. The molecule has 0 radical (unpaired) electrons. The summed E-state index contributed by atoms with van der Waals surface area (Å²) < 4.78 is 0. The van der Waals surface area contributed by atoms with Crippen molar-refractivity contribution in [1.82, 2.24) is 19.9 Å². The molecule has 1 aliphatic rings. The fourth-order valence-corrected chi connectivity index (χ4v) is 2.75. The number of carbonyl (C=O) groups is 1. The van der Waals surface area contributed by atoms with E-state index in [1.807, 2.05) is 12.1 Å². The summed E-state index contributed by atoms with van der Waals surface area (Å²) in [6.45, 7) is 0.931. The molecule has 2 atom stereocenters. The molecule has 0 spiro atoms. The monoisotopic (exact) mass is 298 g/mol. The van der Waals surface area contributed by atoms with E-state index in [0.29, 0.717) is 25.9 Å². The van der Waals surface area contributed by atoms with Crippen molar-refractivity contribution in [3.05, 3.63) is 54.4 Å². The molecule has 6 nitrogen and oxygen atoms in total. The maximum Gasteiger partial charge on any atom is 0.227 e. The van der Waals surface area contributed by atoms with Crippen LogP contribution in [-0.2, 0) is 17.6 Å². The van der Waals surface area contributed by atoms with Gasteiger partial charge in [0.05, 0.1) is 18.2 Å². The van der Waals surface area contributed by atoms with E-state index in [1.165, 1.54) is 0 Å². The van der Waals surface area contributed by atoms with Gasteiger partial charge in [-0.05, 0) is 18.1 Å². The van der Waals surface area contributed by atoms with Crippen molar-refractivity contribution in [1.29, 1.82) is 0 Å². The van der Waals surface area contributed by atoms with Crippen molar-refractivity contribution in [2.45, 2.75) is 18.9 Å². The molecule has 3 rings (SSSR count). The quantitative estimate of drug-likeness (QED) is 0.888.